The lowest BCUT2D eigenvalue weighted by molar-refractivity contribution is 0.102. The third-order valence-corrected chi connectivity index (χ3v) is 8.62. The summed E-state index contributed by atoms with van der Waals surface area (Å²) >= 11 is 7.38. The normalized spacial score (nSPS) is 14.9. The van der Waals surface area contributed by atoms with Gasteiger partial charge in [-0.05, 0) is 43.7 Å². The summed E-state index contributed by atoms with van der Waals surface area (Å²) in [6, 6.07) is 8.70. The number of fused-ring (bicyclic) bond motifs is 1. The van der Waals surface area contributed by atoms with Gasteiger partial charge in [0.2, 0.25) is 10.0 Å². The summed E-state index contributed by atoms with van der Waals surface area (Å²) in [6.45, 7) is 2.29. The summed E-state index contributed by atoms with van der Waals surface area (Å²) in [5.41, 5.74) is 3.51. The van der Waals surface area contributed by atoms with Gasteiger partial charge in [0.15, 0.2) is 5.13 Å². The smallest absolute Gasteiger partial charge is 0.259 e. The number of sulfonamides is 1. The lowest BCUT2D eigenvalue weighted by atomic mass is 10.0. The van der Waals surface area contributed by atoms with Crippen molar-refractivity contribution in [1.82, 2.24) is 15.0 Å². The molecule has 1 saturated heterocycles. The monoisotopic (exact) mass is 529 g/mol. The predicted molar refractivity (Wildman–Crippen MR) is 137 cm³/mol. The van der Waals surface area contributed by atoms with Crippen LogP contribution in [0.4, 0.5) is 10.8 Å². The van der Waals surface area contributed by atoms with E-state index in [1.165, 1.54) is 35.1 Å². The molecule has 4 aromatic rings. The van der Waals surface area contributed by atoms with Crippen molar-refractivity contribution in [2.24, 2.45) is 0 Å². The van der Waals surface area contributed by atoms with Gasteiger partial charge in [-0.1, -0.05) is 22.9 Å². The fourth-order valence-corrected chi connectivity index (χ4v) is 6.58. The number of carbonyl (C=O) groups is 1. The van der Waals surface area contributed by atoms with Crippen molar-refractivity contribution in [3.63, 3.8) is 0 Å². The molecule has 1 aromatic carbocycles. The third kappa shape index (κ3) is 4.54. The number of nitrogens with zero attached hydrogens (tertiary/aromatic N) is 4. The average molecular weight is 530 g/mol. The van der Waals surface area contributed by atoms with Gasteiger partial charge in [0.25, 0.3) is 5.91 Å². The number of benzene rings is 1. The van der Waals surface area contributed by atoms with Crippen LogP contribution in [-0.4, -0.2) is 48.7 Å². The maximum atomic E-state index is 13.3. The van der Waals surface area contributed by atoms with Crippen molar-refractivity contribution in [3.8, 4) is 16.9 Å². The van der Waals surface area contributed by atoms with Gasteiger partial charge in [-0.15, -0.1) is 0 Å². The first-order valence-corrected chi connectivity index (χ1v) is 13.4. The number of hydrogen-bond acceptors (Lipinski definition) is 8. The molecule has 0 atom stereocenters. The molecular weight excluding hydrogens is 510 g/mol. The Morgan fingerprint density at radius 2 is 2.00 bits per heavy atom. The number of amides is 1. The van der Waals surface area contributed by atoms with E-state index in [2.05, 4.69) is 20.3 Å². The average Bonchev–Trinajstić information content (AvgIpc) is 3.39. The summed E-state index contributed by atoms with van der Waals surface area (Å²) in [4.78, 5) is 26.1. The Morgan fingerprint density at radius 1 is 1.17 bits per heavy atom. The molecule has 0 bridgehead atoms. The quantitative estimate of drug-likeness (QED) is 0.378. The molecule has 1 N–H and O–H groups in total. The van der Waals surface area contributed by atoms with Crippen LogP contribution in [0.1, 0.15) is 22.5 Å². The van der Waals surface area contributed by atoms with Gasteiger partial charge >= 0.3 is 0 Å². The van der Waals surface area contributed by atoms with E-state index in [1.807, 2.05) is 6.92 Å². The Kier molecular flexibility index (Phi) is 6.07. The van der Waals surface area contributed by atoms with Crippen LogP contribution in [0.15, 0.2) is 42.7 Å². The highest BCUT2D eigenvalue weighted by atomic mass is 35.5. The van der Waals surface area contributed by atoms with Gasteiger partial charge in [-0.25, -0.2) is 18.4 Å². The van der Waals surface area contributed by atoms with Crippen LogP contribution in [-0.2, 0) is 10.0 Å². The highest BCUT2D eigenvalue weighted by Crippen LogP contribution is 2.35. The van der Waals surface area contributed by atoms with Crippen molar-refractivity contribution in [2.45, 2.75) is 13.3 Å². The minimum absolute atomic E-state index is 0.148. The maximum Gasteiger partial charge on any atom is 0.259 e. The van der Waals surface area contributed by atoms with Crippen molar-refractivity contribution in [2.75, 3.05) is 29.0 Å². The number of carbonyl (C=O) groups excluding carboxylic acids is 1. The lowest BCUT2D eigenvalue weighted by Gasteiger charge is -2.16. The first-order valence-electron chi connectivity index (χ1n) is 10.6. The van der Waals surface area contributed by atoms with Gasteiger partial charge < -0.3 is 4.74 Å². The molecule has 1 aliphatic rings. The Balaban J connectivity index is 1.48. The minimum atomic E-state index is -3.28. The molecule has 3 aromatic heterocycles. The number of rotatable bonds is 5. The fraction of sp³-hybridized carbons (Fsp3) is 0.217. The molecule has 1 fully saturated rings. The minimum Gasteiger partial charge on any atom is -0.494 e. The Labute approximate surface area is 210 Å². The summed E-state index contributed by atoms with van der Waals surface area (Å²) in [6.07, 6.45) is 3.60. The van der Waals surface area contributed by atoms with Crippen LogP contribution in [0.3, 0.4) is 0 Å². The van der Waals surface area contributed by atoms with Crippen LogP contribution < -0.4 is 14.4 Å². The molecule has 35 heavy (non-hydrogen) atoms. The molecule has 0 spiro atoms. The summed E-state index contributed by atoms with van der Waals surface area (Å²) in [7, 11) is -1.76. The summed E-state index contributed by atoms with van der Waals surface area (Å²) in [5, 5.41) is 3.50. The van der Waals surface area contributed by atoms with Crippen LogP contribution in [0.25, 0.3) is 21.3 Å². The number of aryl methyl sites for hydroxylation is 1. The molecule has 0 unspecified atom stereocenters. The Morgan fingerprint density at radius 3 is 2.74 bits per heavy atom. The van der Waals surface area contributed by atoms with Crippen molar-refractivity contribution in [3.05, 3.63) is 59.1 Å². The first-order chi connectivity index (χ1) is 16.7. The molecular formula is C23H20ClN5O4S2. The standard InChI is InChI=1S/C23H20ClN5O4S2/c1-13-8-15(16-10-21(24)26-12-19(16)33-2)17(11-25-13)22(30)28-23-27-18-5-4-14(9-20(18)34-23)29-6-3-7-35(29,31)32/h4-5,8-12H,3,6-7H2,1-2H3,(H,27,28,30). The van der Waals surface area contributed by atoms with Gasteiger partial charge in [-0.2, -0.15) is 0 Å². The number of anilines is 2. The summed E-state index contributed by atoms with van der Waals surface area (Å²) < 4.78 is 32.2. The van der Waals surface area contributed by atoms with E-state index in [0.29, 0.717) is 51.7 Å². The number of methoxy groups -OCH3 is 1. The molecule has 9 nitrogen and oxygen atoms in total. The second-order valence-electron chi connectivity index (χ2n) is 7.95. The van der Waals surface area contributed by atoms with E-state index < -0.39 is 15.9 Å². The Hall–Kier alpha value is -3.28. The predicted octanol–water partition coefficient (Wildman–Crippen LogP) is 4.52. The maximum absolute atomic E-state index is 13.3. The van der Waals surface area contributed by atoms with E-state index in [-0.39, 0.29) is 10.9 Å². The molecule has 4 heterocycles. The SMILES string of the molecule is COc1cnc(Cl)cc1-c1cc(C)ncc1C(=O)Nc1nc2ccc(N3CCCS3(=O)=O)cc2s1. The van der Waals surface area contributed by atoms with Crippen LogP contribution in [0, 0.1) is 6.92 Å². The largest absolute Gasteiger partial charge is 0.494 e. The van der Waals surface area contributed by atoms with Crippen LogP contribution in [0.2, 0.25) is 5.15 Å². The van der Waals surface area contributed by atoms with E-state index in [9.17, 15) is 13.2 Å². The number of nitrogens with one attached hydrogen (secondary N) is 1. The molecule has 1 aliphatic heterocycles. The fourth-order valence-electron chi connectivity index (χ4n) is 3.97. The molecule has 0 saturated carbocycles. The number of halogens is 1. The van der Waals surface area contributed by atoms with Crippen molar-refractivity contribution < 1.29 is 17.9 Å². The van der Waals surface area contributed by atoms with E-state index in [0.717, 1.165) is 10.4 Å². The molecule has 1 amide bonds. The molecule has 180 valence electrons. The van der Waals surface area contributed by atoms with E-state index in [1.54, 1.807) is 30.3 Å². The Bertz CT molecular complexity index is 1570. The zero-order valence-electron chi connectivity index (χ0n) is 18.8. The molecule has 0 aliphatic carbocycles. The number of ether oxygens (including phenoxy) is 1. The zero-order valence-corrected chi connectivity index (χ0v) is 21.2. The summed E-state index contributed by atoms with van der Waals surface area (Å²) in [5.74, 6) is 0.220. The van der Waals surface area contributed by atoms with Crippen LogP contribution in [0.5, 0.6) is 5.75 Å². The zero-order chi connectivity index (χ0) is 24.7. The van der Waals surface area contributed by atoms with Gasteiger partial charge in [0.1, 0.15) is 10.9 Å². The number of hydrogen-bond donors (Lipinski definition) is 1. The van der Waals surface area contributed by atoms with Gasteiger partial charge in [-0.3, -0.25) is 19.4 Å². The topological polar surface area (TPSA) is 114 Å². The number of thiazole rings is 1. The third-order valence-electron chi connectivity index (χ3n) is 5.61. The highest BCUT2D eigenvalue weighted by Gasteiger charge is 2.28. The van der Waals surface area contributed by atoms with Gasteiger partial charge in [0.05, 0.1) is 40.5 Å². The van der Waals surface area contributed by atoms with E-state index >= 15 is 0 Å². The second-order valence-corrected chi connectivity index (χ2v) is 11.4. The second kappa shape index (κ2) is 9.06. The first kappa shape index (κ1) is 23.5. The van der Waals surface area contributed by atoms with Gasteiger partial charge in [0, 0.05) is 29.6 Å². The lowest BCUT2D eigenvalue weighted by Crippen LogP contribution is -2.24. The van der Waals surface area contributed by atoms with Crippen molar-refractivity contribution in [1.29, 1.82) is 0 Å². The molecule has 12 heteroatoms. The molecule has 0 radical (unpaired) electrons. The van der Waals surface area contributed by atoms with Crippen molar-refractivity contribution >= 4 is 59.9 Å². The number of pyridine rings is 2. The van der Waals surface area contributed by atoms with Crippen LogP contribution >= 0.6 is 22.9 Å². The highest BCUT2D eigenvalue weighted by molar-refractivity contribution is 7.93. The molecule has 5 rings (SSSR count). The number of aromatic nitrogens is 3. The van der Waals surface area contributed by atoms with E-state index in [4.69, 9.17) is 16.3 Å².